The number of halogens is 1. The molecule has 1 aliphatic heterocycles. The van der Waals surface area contributed by atoms with E-state index in [0.29, 0.717) is 12.1 Å². The lowest BCUT2D eigenvalue weighted by atomic mass is 10.1. The van der Waals surface area contributed by atoms with Crippen molar-refractivity contribution in [2.75, 3.05) is 13.6 Å². The maximum absolute atomic E-state index is 12.2. The summed E-state index contributed by atoms with van der Waals surface area (Å²) in [6, 6.07) is 8.69. The molecule has 23 heavy (non-hydrogen) atoms. The summed E-state index contributed by atoms with van der Waals surface area (Å²) in [6.45, 7) is 6.05. The molecule has 0 aliphatic carbocycles. The quantitative estimate of drug-likeness (QED) is 0.804. The first-order chi connectivity index (χ1) is 11.1. The third-order valence-corrected chi connectivity index (χ3v) is 4.92. The standard InChI is InChI=1S/C18H28ClN3O/c1-4-15(5-2)21-16-10-17(18(23)20-3)22(12-16)11-13-7-6-8-14(19)9-13/h6-9,15-17,21H,4-5,10-12H2,1-3H3,(H,20,23)/t16-,17+/m1/s1. The SMILES string of the molecule is CCC(CC)N[C@@H]1C[C@@H](C(=O)NC)N(Cc2cccc(Cl)c2)C1. The highest BCUT2D eigenvalue weighted by Crippen LogP contribution is 2.23. The second-order valence-electron chi connectivity index (χ2n) is 6.30. The molecule has 0 saturated carbocycles. The third-order valence-electron chi connectivity index (χ3n) is 4.68. The van der Waals surface area contributed by atoms with Crippen LogP contribution in [0.1, 0.15) is 38.7 Å². The van der Waals surface area contributed by atoms with Crippen molar-refractivity contribution < 1.29 is 4.79 Å². The van der Waals surface area contributed by atoms with Crippen LogP contribution in [-0.2, 0) is 11.3 Å². The van der Waals surface area contributed by atoms with Gasteiger partial charge in [0.25, 0.3) is 0 Å². The first-order valence-corrected chi connectivity index (χ1v) is 8.91. The van der Waals surface area contributed by atoms with E-state index >= 15 is 0 Å². The number of nitrogens with zero attached hydrogens (tertiary/aromatic N) is 1. The summed E-state index contributed by atoms with van der Waals surface area (Å²) >= 11 is 6.08. The molecule has 0 unspecified atom stereocenters. The van der Waals surface area contributed by atoms with Gasteiger partial charge in [0, 0.05) is 37.2 Å². The topological polar surface area (TPSA) is 44.4 Å². The third kappa shape index (κ3) is 4.93. The molecular formula is C18H28ClN3O. The van der Waals surface area contributed by atoms with Crippen LogP contribution in [0, 0.1) is 0 Å². The van der Waals surface area contributed by atoms with Gasteiger partial charge in [-0.3, -0.25) is 9.69 Å². The van der Waals surface area contributed by atoms with E-state index in [2.05, 4.69) is 35.4 Å². The number of carbonyl (C=O) groups excluding carboxylic acids is 1. The predicted molar refractivity (Wildman–Crippen MR) is 95.6 cm³/mol. The van der Waals surface area contributed by atoms with Crippen LogP contribution in [0.3, 0.4) is 0 Å². The lowest BCUT2D eigenvalue weighted by Gasteiger charge is -2.23. The van der Waals surface area contributed by atoms with Crippen LogP contribution >= 0.6 is 11.6 Å². The average molecular weight is 338 g/mol. The number of nitrogens with one attached hydrogen (secondary N) is 2. The van der Waals surface area contributed by atoms with Gasteiger partial charge in [-0.2, -0.15) is 0 Å². The highest BCUT2D eigenvalue weighted by atomic mass is 35.5. The summed E-state index contributed by atoms with van der Waals surface area (Å²) in [7, 11) is 1.71. The smallest absolute Gasteiger partial charge is 0.237 e. The first kappa shape index (κ1) is 18.2. The fourth-order valence-electron chi connectivity index (χ4n) is 3.37. The monoisotopic (exact) mass is 337 g/mol. The van der Waals surface area contributed by atoms with E-state index in [0.717, 1.165) is 42.9 Å². The minimum absolute atomic E-state index is 0.0779. The summed E-state index contributed by atoms with van der Waals surface area (Å²) in [6.07, 6.45) is 3.09. The Morgan fingerprint density at radius 2 is 2.13 bits per heavy atom. The molecule has 1 aromatic carbocycles. The lowest BCUT2D eigenvalue weighted by molar-refractivity contribution is -0.125. The Hall–Kier alpha value is -1.10. The predicted octanol–water partition coefficient (Wildman–Crippen LogP) is 2.81. The van der Waals surface area contributed by atoms with E-state index in [4.69, 9.17) is 11.6 Å². The molecule has 2 rings (SSSR count). The van der Waals surface area contributed by atoms with Crippen molar-refractivity contribution in [1.29, 1.82) is 0 Å². The van der Waals surface area contributed by atoms with Crippen molar-refractivity contribution in [3.8, 4) is 0 Å². The van der Waals surface area contributed by atoms with E-state index < -0.39 is 0 Å². The Morgan fingerprint density at radius 1 is 1.39 bits per heavy atom. The number of likely N-dealkylation sites (tertiary alicyclic amines) is 1. The Balaban J connectivity index is 2.07. The molecule has 1 aliphatic rings. The van der Waals surface area contributed by atoms with Gasteiger partial charge in [0.1, 0.15) is 0 Å². The molecule has 2 atom stereocenters. The normalized spacial score (nSPS) is 21.8. The van der Waals surface area contributed by atoms with Crippen molar-refractivity contribution >= 4 is 17.5 Å². The van der Waals surface area contributed by atoms with E-state index in [1.165, 1.54) is 0 Å². The molecule has 2 N–H and O–H groups in total. The van der Waals surface area contributed by atoms with Gasteiger partial charge in [-0.05, 0) is 37.0 Å². The van der Waals surface area contributed by atoms with Crippen molar-refractivity contribution in [2.24, 2.45) is 0 Å². The minimum Gasteiger partial charge on any atom is -0.358 e. The van der Waals surface area contributed by atoms with Crippen molar-refractivity contribution in [2.45, 2.75) is 57.8 Å². The van der Waals surface area contributed by atoms with Crippen LogP contribution in [0.25, 0.3) is 0 Å². The number of rotatable bonds is 7. The summed E-state index contributed by atoms with van der Waals surface area (Å²) < 4.78 is 0. The minimum atomic E-state index is -0.0779. The van der Waals surface area contributed by atoms with Crippen LogP contribution in [-0.4, -0.2) is 42.5 Å². The zero-order valence-electron chi connectivity index (χ0n) is 14.3. The summed E-state index contributed by atoms with van der Waals surface area (Å²) in [4.78, 5) is 14.5. The average Bonchev–Trinajstić information content (AvgIpc) is 2.94. The molecule has 4 nitrogen and oxygen atoms in total. The van der Waals surface area contributed by atoms with E-state index in [1.807, 2.05) is 18.2 Å². The largest absolute Gasteiger partial charge is 0.358 e. The van der Waals surface area contributed by atoms with Crippen molar-refractivity contribution in [3.63, 3.8) is 0 Å². The Bertz CT molecular complexity index is 519. The van der Waals surface area contributed by atoms with Crippen LogP contribution in [0.15, 0.2) is 24.3 Å². The van der Waals surface area contributed by atoms with Crippen LogP contribution in [0.2, 0.25) is 5.02 Å². The number of hydrogen-bond acceptors (Lipinski definition) is 3. The number of carbonyl (C=O) groups is 1. The molecule has 1 heterocycles. The number of likely N-dealkylation sites (N-methyl/N-ethyl adjacent to an activating group) is 1. The van der Waals surface area contributed by atoms with Crippen molar-refractivity contribution in [3.05, 3.63) is 34.9 Å². The van der Waals surface area contributed by atoms with Gasteiger partial charge in [0.05, 0.1) is 6.04 Å². The fraction of sp³-hybridized carbons (Fsp3) is 0.611. The first-order valence-electron chi connectivity index (χ1n) is 8.53. The molecule has 0 bridgehead atoms. The van der Waals surface area contributed by atoms with Crippen molar-refractivity contribution in [1.82, 2.24) is 15.5 Å². The molecule has 1 saturated heterocycles. The van der Waals surface area contributed by atoms with Gasteiger partial charge in [0.15, 0.2) is 0 Å². The highest BCUT2D eigenvalue weighted by Gasteiger charge is 2.36. The summed E-state index contributed by atoms with van der Waals surface area (Å²) in [5.41, 5.74) is 1.15. The molecule has 1 aromatic rings. The van der Waals surface area contributed by atoms with Gasteiger partial charge in [0.2, 0.25) is 5.91 Å². The van der Waals surface area contributed by atoms with Gasteiger partial charge in [-0.15, -0.1) is 0 Å². The Kier molecular flexibility index (Phi) is 6.88. The molecule has 5 heteroatoms. The molecule has 128 valence electrons. The fourth-order valence-corrected chi connectivity index (χ4v) is 3.58. The highest BCUT2D eigenvalue weighted by molar-refractivity contribution is 6.30. The van der Waals surface area contributed by atoms with E-state index in [-0.39, 0.29) is 11.9 Å². The van der Waals surface area contributed by atoms with E-state index in [1.54, 1.807) is 7.05 Å². The van der Waals surface area contributed by atoms with Crippen LogP contribution in [0.5, 0.6) is 0 Å². The Labute approximate surface area is 144 Å². The van der Waals surface area contributed by atoms with Crippen LogP contribution < -0.4 is 10.6 Å². The van der Waals surface area contributed by atoms with Gasteiger partial charge < -0.3 is 10.6 Å². The number of amides is 1. The molecule has 0 radical (unpaired) electrons. The maximum Gasteiger partial charge on any atom is 0.237 e. The maximum atomic E-state index is 12.2. The number of hydrogen-bond donors (Lipinski definition) is 2. The zero-order valence-corrected chi connectivity index (χ0v) is 15.1. The van der Waals surface area contributed by atoms with Gasteiger partial charge >= 0.3 is 0 Å². The Morgan fingerprint density at radius 3 is 2.74 bits per heavy atom. The zero-order chi connectivity index (χ0) is 16.8. The second kappa shape index (κ2) is 8.67. The lowest BCUT2D eigenvalue weighted by Crippen LogP contribution is -2.41. The van der Waals surface area contributed by atoms with Gasteiger partial charge in [-0.25, -0.2) is 0 Å². The molecule has 0 aromatic heterocycles. The second-order valence-corrected chi connectivity index (χ2v) is 6.74. The van der Waals surface area contributed by atoms with Gasteiger partial charge in [-0.1, -0.05) is 37.6 Å². The number of benzene rings is 1. The molecule has 1 fully saturated rings. The van der Waals surface area contributed by atoms with Crippen LogP contribution in [0.4, 0.5) is 0 Å². The summed E-state index contributed by atoms with van der Waals surface area (Å²) in [5, 5.41) is 7.25. The molecule has 1 amide bonds. The molecule has 0 spiro atoms. The molecular weight excluding hydrogens is 310 g/mol. The summed E-state index contributed by atoms with van der Waals surface area (Å²) in [5.74, 6) is 0.0980. The van der Waals surface area contributed by atoms with E-state index in [9.17, 15) is 4.79 Å².